The molecular formula is C14H30O3Si. The molecule has 0 aliphatic heterocycles. The summed E-state index contributed by atoms with van der Waals surface area (Å²) in [6.07, 6.45) is 4.69. The summed E-state index contributed by atoms with van der Waals surface area (Å²) >= 11 is 0. The molecule has 0 bridgehead atoms. The zero-order chi connectivity index (χ0) is 14.2. The van der Waals surface area contributed by atoms with E-state index in [0.29, 0.717) is 13.0 Å². The number of hydrogen-bond donors (Lipinski definition) is 0. The van der Waals surface area contributed by atoms with E-state index in [-0.39, 0.29) is 11.6 Å². The molecule has 4 heteroatoms. The normalized spacial score (nSPS) is 12.6. The van der Waals surface area contributed by atoms with Gasteiger partial charge in [0, 0.05) is 6.42 Å². The Bertz CT molecular complexity index is 244. The first-order valence-electron chi connectivity index (χ1n) is 7.02. The van der Waals surface area contributed by atoms with Crippen LogP contribution in [0.1, 0.15) is 52.9 Å². The van der Waals surface area contributed by atoms with Crippen molar-refractivity contribution in [3.8, 4) is 0 Å². The molecule has 3 nitrogen and oxygen atoms in total. The fourth-order valence-corrected chi connectivity index (χ4v) is 3.87. The lowest BCUT2D eigenvalue weighted by Crippen LogP contribution is -2.38. The van der Waals surface area contributed by atoms with Gasteiger partial charge in [0.2, 0.25) is 0 Å². The van der Waals surface area contributed by atoms with Gasteiger partial charge in [-0.2, -0.15) is 0 Å². The molecule has 0 aliphatic rings. The van der Waals surface area contributed by atoms with E-state index in [1.807, 2.05) is 6.92 Å². The Balaban J connectivity index is 3.68. The largest absolute Gasteiger partial charge is 0.466 e. The molecule has 0 spiro atoms. The van der Waals surface area contributed by atoms with Gasteiger partial charge in [-0.1, -0.05) is 12.8 Å². The second-order valence-corrected chi connectivity index (χ2v) is 10.8. The molecule has 108 valence electrons. The molecule has 0 atom stereocenters. The second kappa shape index (κ2) is 7.95. The topological polar surface area (TPSA) is 35.5 Å². The summed E-state index contributed by atoms with van der Waals surface area (Å²) < 4.78 is 11.0. The highest BCUT2D eigenvalue weighted by Crippen LogP contribution is 2.23. The molecule has 0 amide bonds. The van der Waals surface area contributed by atoms with E-state index in [4.69, 9.17) is 9.16 Å². The molecule has 0 aromatic rings. The third-order valence-electron chi connectivity index (χ3n) is 2.55. The van der Waals surface area contributed by atoms with Crippen LogP contribution in [-0.2, 0) is 14.0 Å². The van der Waals surface area contributed by atoms with Gasteiger partial charge in [0.25, 0.3) is 0 Å². The maximum Gasteiger partial charge on any atom is 0.305 e. The summed E-state index contributed by atoms with van der Waals surface area (Å²) in [7, 11) is -1.46. The van der Waals surface area contributed by atoms with Gasteiger partial charge in [-0.25, -0.2) is 0 Å². The fraction of sp³-hybridized carbons (Fsp3) is 0.929. The summed E-state index contributed by atoms with van der Waals surface area (Å²) in [5, 5.41) is 0. The van der Waals surface area contributed by atoms with Crippen LogP contribution < -0.4 is 0 Å². The molecule has 0 aromatic heterocycles. The molecule has 0 radical (unpaired) electrons. The molecule has 0 rings (SSSR count). The number of esters is 1. The molecule has 0 aromatic carbocycles. The molecular weight excluding hydrogens is 244 g/mol. The van der Waals surface area contributed by atoms with E-state index in [1.165, 1.54) is 0 Å². The van der Waals surface area contributed by atoms with Crippen LogP contribution in [0.3, 0.4) is 0 Å². The van der Waals surface area contributed by atoms with Crippen molar-refractivity contribution in [2.24, 2.45) is 0 Å². The van der Waals surface area contributed by atoms with Crippen molar-refractivity contribution in [2.75, 3.05) is 6.61 Å². The SMILES string of the molecule is CCOC(=O)CCCCCC(C)(C)O[Si](C)(C)C. The number of unbranched alkanes of at least 4 members (excludes halogenated alkanes) is 2. The van der Waals surface area contributed by atoms with Crippen molar-refractivity contribution < 1.29 is 14.0 Å². The highest BCUT2D eigenvalue weighted by atomic mass is 28.4. The summed E-state index contributed by atoms with van der Waals surface area (Å²) in [6.45, 7) is 13.3. The average molecular weight is 274 g/mol. The van der Waals surface area contributed by atoms with Crippen LogP contribution in [0.15, 0.2) is 0 Å². The van der Waals surface area contributed by atoms with E-state index in [2.05, 4.69) is 33.5 Å². The number of ether oxygens (including phenoxy) is 1. The zero-order valence-corrected chi connectivity index (χ0v) is 14.0. The Kier molecular flexibility index (Phi) is 7.79. The number of hydrogen-bond acceptors (Lipinski definition) is 3. The summed E-state index contributed by atoms with van der Waals surface area (Å²) in [6, 6.07) is 0. The van der Waals surface area contributed by atoms with Crippen LogP contribution in [0.25, 0.3) is 0 Å². The van der Waals surface area contributed by atoms with Crippen LogP contribution >= 0.6 is 0 Å². The summed E-state index contributed by atoms with van der Waals surface area (Å²) in [5.41, 5.74) is -0.0333. The highest BCUT2D eigenvalue weighted by molar-refractivity contribution is 6.69. The third kappa shape index (κ3) is 10.8. The summed E-state index contributed by atoms with van der Waals surface area (Å²) in [4.78, 5) is 11.1. The molecule has 18 heavy (non-hydrogen) atoms. The maximum absolute atomic E-state index is 11.1. The van der Waals surface area contributed by atoms with Gasteiger partial charge in [-0.3, -0.25) is 4.79 Å². The van der Waals surface area contributed by atoms with Crippen LogP contribution in [0.2, 0.25) is 19.6 Å². The van der Waals surface area contributed by atoms with Gasteiger partial charge in [-0.05, 0) is 53.3 Å². The zero-order valence-electron chi connectivity index (χ0n) is 13.0. The predicted octanol–water partition coefficient (Wildman–Crippen LogP) is 4.13. The molecule has 0 unspecified atom stereocenters. The number of carbonyl (C=O) groups is 1. The first kappa shape index (κ1) is 17.6. The first-order valence-corrected chi connectivity index (χ1v) is 10.4. The lowest BCUT2D eigenvalue weighted by molar-refractivity contribution is -0.143. The lowest BCUT2D eigenvalue weighted by atomic mass is 10.0. The minimum atomic E-state index is -1.46. The average Bonchev–Trinajstić information content (AvgIpc) is 2.13. The van der Waals surface area contributed by atoms with Crippen molar-refractivity contribution in [1.29, 1.82) is 0 Å². The van der Waals surface area contributed by atoms with E-state index >= 15 is 0 Å². The molecule has 0 N–H and O–H groups in total. The third-order valence-corrected chi connectivity index (χ3v) is 3.71. The fourth-order valence-electron chi connectivity index (χ4n) is 2.11. The minimum absolute atomic E-state index is 0.0333. The van der Waals surface area contributed by atoms with Gasteiger partial charge in [0.15, 0.2) is 8.32 Å². The standard InChI is InChI=1S/C14H30O3Si/c1-7-16-13(15)11-9-8-10-12-14(2,3)17-18(4,5)6/h7-12H2,1-6H3. The van der Waals surface area contributed by atoms with Gasteiger partial charge >= 0.3 is 5.97 Å². The van der Waals surface area contributed by atoms with E-state index in [9.17, 15) is 4.79 Å². The minimum Gasteiger partial charge on any atom is -0.466 e. The van der Waals surface area contributed by atoms with E-state index < -0.39 is 8.32 Å². The van der Waals surface area contributed by atoms with Crippen molar-refractivity contribution in [3.63, 3.8) is 0 Å². The first-order chi connectivity index (χ1) is 8.16. The van der Waals surface area contributed by atoms with Gasteiger partial charge < -0.3 is 9.16 Å². The molecule has 0 fully saturated rings. The number of rotatable bonds is 9. The van der Waals surface area contributed by atoms with Gasteiger partial charge in [-0.15, -0.1) is 0 Å². The molecule has 0 aliphatic carbocycles. The Labute approximate surface area is 113 Å². The van der Waals surface area contributed by atoms with Crippen molar-refractivity contribution in [2.45, 2.75) is 78.1 Å². The summed E-state index contributed by atoms with van der Waals surface area (Å²) in [5.74, 6) is -0.0740. The second-order valence-electron chi connectivity index (χ2n) is 6.34. The van der Waals surface area contributed by atoms with Gasteiger partial charge in [0.05, 0.1) is 12.2 Å². The monoisotopic (exact) mass is 274 g/mol. The van der Waals surface area contributed by atoms with E-state index in [1.54, 1.807) is 0 Å². The van der Waals surface area contributed by atoms with Crippen molar-refractivity contribution in [3.05, 3.63) is 0 Å². The highest BCUT2D eigenvalue weighted by Gasteiger charge is 2.26. The molecule has 0 saturated heterocycles. The van der Waals surface area contributed by atoms with E-state index in [0.717, 1.165) is 25.7 Å². The van der Waals surface area contributed by atoms with Gasteiger partial charge in [0.1, 0.15) is 0 Å². The predicted molar refractivity (Wildman–Crippen MR) is 78.2 cm³/mol. The Morgan fingerprint density at radius 1 is 1.11 bits per heavy atom. The Morgan fingerprint density at radius 3 is 2.22 bits per heavy atom. The number of carbonyl (C=O) groups excluding carboxylic acids is 1. The van der Waals surface area contributed by atoms with Crippen molar-refractivity contribution >= 4 is 14.3 Å². The Morgan fingerprint density at radius 2 is 1.72 bits per heavy atom. The Hall–Kier alpha value is -0.353. The molecule has 0 heterocycles. The maximum atomic E-state index is 11.1. The smallest absolute Gasteiger partial charge is 0.305 e. The molecule has 0 saturated carbocycles. The van der Waals surface area contributed by atoms with Crippen LogP contribution in [0.4, 0.5) is 0 Å². The van der Waals surface area contributed by atoms with Crippen LogP contribution in [-0.4, -0.2) is 26.5 Å². The van der Waals surface area contributed by atoms with Crippen LogP contribution in [0, 0.1) is 0 Å². The van der Waals surface area contributed by atoms with Crippen molar-refractivity contribution in [1.82, 2.24) is 0 Å². The van der Waals surface area contributed by atoms with Crippen LogP contribution in [0.5, 0.6) is 0 Å². The quantitative estimate of drug-likeness (QED) is 0.360. The lowest BCUT2D eigenvalue weighted by Gasteiger charge is -2.33.